The molecule has 0 amide bonds. The molecule has 1 aromatic rings. The fraction of sp³-hybridized carbons (Fsp3) is 0.545. The quantitative estimate of drug-likeness (QED) is 0.815. The van der Waals surface area contributed by atoms with Crippen LogP contribution in [0.4, 0.5) is 0 Å². The lowest BCUT2D eigenvalue weighted by molar-refractivity contribution is 0.391. The Bertz CT molecular complexity index is 356. The van der Waals surface area contributed by atoms with Crippen molar-refractivity contribution >= 4 is 11.6 Å². The largest absolute Gasteiger partial charge is 0.324 e. The van der Waals surface area contributed by atoms with E-state index in [-0.39, 0.29) is 11.0 Å². The van der Waals surface area contributed by atoms with Gasteiger partial charge in [-0.1, -0.05) is 25.4 Å². The molecule has 2 N–H and O–H groups in total. The van der Waals surface area contributed by atoms with Crippen LogP contribution in [0.5, 0.6) is 0 Å². The summed E-state index contributed by atoms with van der Waals surface area (Å²) in [4.78, 5) is 3.99. The van der Waals surface area contributed by atoms with Crippen LogP contribution in [0.15, 0.2) is 18.5 Å². The molecule has 0 atom stereocenters. The molecule has 0 unspecified atom stereocenters. The molecule has 1 fully saturated rings. The Balaban J connectivity index is 2.44. The van der Waals surface area contributed by atoms with E-state index in [1.165, 1.54) is 0 Å². The zero-order chi connectivity index (χ0) is 10.4. The van der Waals surface area contributed by atoms with E-state index in [2.05, 4.69) is 18.8 Å². The first kappa shape index (κ1) is 9.94. The molecule has 14 heavy (non-hydrogen) atoms. The predicted molar refractivity (Wildman–Crippen MR) is 58.4 cm³/mol. The zero-order valence-corrected chi connectivity index (χ0v) is 9.30. The molecule has 2 rings (SSSR count). The third-order valence-electron chi connectivity index (χ3n) is 3.48. The first-order valence-electron chi connectivity index (χ1n) is 4.86. The molecule has 0 bridgehead atoms. The van der Waals surface area contributed by atoms with Gasteiger partial charge in [-0.3, -0.25) is 4.98 Å². The highest BCUT2D eigenvalue weighted by Crippen LogP contribution is 2.50. The van der Waals surface area contributed by atoms with Crippen molar-refractivity contribution in [3.63, 3.8) is 0 Å². The molecular formula is C11H15ClN2. The maximum atomic E-state index is 6.25. The molecule has 1 heterocycles. The normalized spacial score (nSPS) is 19.4. The van der Waals surface area contributed by atoms with Crippen molar-refractivity contribution in [1.29, 1.82) is 0 Å². The Morgan fingerprint density at radius 1 is 1.50 bits per heavy atom. The molecule has 1 aliphatic rings. The number of nitrogens with two attached hydrogens (primary N) is 1. The fourth-order valence-electron chi connectivity index (χ4n) is 1.91. The highest BCUT2D eigenvalue weighted by molar-refractivity contribution is 6.31. The monoisotopic (exact) mass is 210 g/mol. The topological polar surface area (TPSA) is 38.9 Å². The second kappa shape index (κ2) is 2.94. The van der Waals surface area contributed by atoms with Crippen LogP contribution in [0.3, 0.4) is 0 Å². The summed E-state index contributed by atoms with van der Waals surface area (Å²) in [5, 5.41) is 0.717. The van der Waals surface area contributed by atoms with Gasteiger partial charge in [-0.2, -0.15) is 0 Å². The number of aromatic nitrogens is 1. The number of hydrogen-bond donors (Lipinski definition) is 1. The van der Waals surface area contributed by atoms with Gasteiger partial charge in [0.1, 0.15) is 0 Å². The van der Waals surface area contributed by atoms with Crippen LogP contribution >= 0.6 is 11.6 Å². The minimum Gasteiger partial charge on any atom is -0.324 e. The maximum absolute atomic E-state index is 6.25. The van der Waals surface area contributed by atoms with Gasteiger partial charge in [0.2, 0.25) is 0 Å². The van der Waals surface area contributed by atoms with E-state index in [4.69, 9.17) is 17.3 Å². The summed E-state index contributed by atoms with van der Waals surface area (Å²) in [6, 6.07) is 1.97. The van der Waals surface area contributed by atoms with E-state index in [1.54, 1.807) is 12.4 Å². The molecule has 0 radical (unpaired) electrons. The Labute approximate surface area is 89.5 Å². The Kier molecular flexibility index (Phi) is 2.09. The summed E-state index contributed by atoms with van der Waals surface area (Å²) in [7, 11) is 0. The maximum Gasteiger partial charge on any atom is 0.0627 e. The van der Waals surface area contributed by atoms with Gasteiger partial charge in [0.25, 0.3) is 0 Å². The number of pyridine rings is 1. The average Bonchev–Trinajstić information content (AvgIpc) is 2.86. The van der Waals surface area contributed by atoms with Crippen molar-refractivity contribution in [1.82, 2.24) is 4.98 Å². The van der Waals surface area contributed by atoms with Crippen molar-refractivity contribution in [3.8, 4) is 0 Å². The van der Waals surface area contributed by atoms with Gasteiger partial charge < -0.3 is 5.73 Å². The number of rotatable bonds is 2. The predicted octanol–water partition coefficient (Wildman–Crippen LogP) is 2.50. The Hall–Kier alpha value is -0.600. The first-order chi connectivity index (χ1) is 6.47. The van der Waals surface area contributed by atoms with Gasteiger partial charge in [0.05, 0.1) is 5.02 Å². The molecule has 2 nitrogen and oxygen atoms in total. The van der Waals surface area contributed by atoms with Crippen LogP contribution in [0.2, 0.25) is 5.02 Å². The molecule has 1 aromatic heterocycles. The van der Waals surface area contributed by atoms with Crippen molar-refractivity contribution in [3.05, 3.63) is 29.0 Å². The summed E-state index contributed by atoms with van der Waals surface area (Å²) in [6.07, 6.45) is 5.62. The van der Waals surface area contributed by atoms with Crippen molar-refractivity contribution in [2.45, 2.75) is 37.6 Å². The van der Waals surface area contributed by atoms with Crippen LogP contribution in [-0.4, -0.2) is 10.5 Å². The number of hydrogen-bond acceptors (Lipinski definition) is 2. The minimum absolute atomic E-state index is 0.0625. The van der Waals surface area contributed by atoms with Crippen molar-refractivity contribution in [2.24, 2.45) is 5.73 Å². The van der Waals surface area contributed by atoms with Crippen LogP contribution in [-0.2, 0) is 5.41 Å². The van der Waals surface area contributed by atoms with Crippen LogP contribution in [0.1, 0.15) is 32.3 Å². The van der Waals surface area contributed by atoms with Gasteiger partial charge in [0, 0.05) is 23.3 Å². The SMILES string of the molecule is CC(C)(c1ccncc1Cl)C1(N)CC1. The van der Waals surface area contributed by atoms with E-state index >= 15 is 0 Å². The summed E-state index contributed by atoms with van der Waals surface area (Å²) in [6.45, 7) is 4.31. The van der Waals surface area contributed by atoms with E-state index in [9.17, 15) is 0 Å². The molecule has 3 heteroatoms. The average molecular weight is 211 g/mol. The van der Waals surface area contributed by atoms with Gasteiger partial charge >= 0.3 is 0 Å². The third kappa shape index (κ3) is 1.33. The molecule has 0 aromatic carbocycles. The lowest BCUT2D eigenvalue weighted by Gasteiger charge is -2.33. The second-order valence-electron chi connectivity index (χ2n) is 4.64. The lowest BCUT2D eigenvalue weighted by atomic mass is 9.76. The molecule has 0 saturated heterocycles. The first-order valence-corrected chi connectivity index (χ1v) is 5.24. The molecule has 0 aliphatic heterocycles. The second-order valence-corrected chi connectivity index (χ2v) is 5.04. The highest BCUT2D eigenvalue weighted by Gasteiger charge is 2.52. The van der Waals surface area contributed by atoms with Gasteiger partial charge in [-0.15, -0.1) is 0 Å². The standard InChI is InChI=1S/C11H15ClN2/c1-10(2,11(13)4-5-11)8-3-6-14-7-9(8)12/h3,6-7H,4-5,13H2,1-2H3. The number of halogens is 1. The molecule has 1 saturated carbocycles. The van der Waals surface area contributed by atoms with Crippen molar-refractivity contribution in [2.75, 3.05) is 0 Å². The fourth-order valence-corrected chi connectivity index (χ4v) is 2.27. The molecule has 76 valence electrons. The molecule has 1 aliphatic carbocycles. The summed E-state index contributed by atoms with van der Waals surface area (Å²) in [5.74, 6) is 0. The minimum atomic E-state index is -0.0714. The highest BCUT2D eigenvalue weighted by atomic mass is 35.5. The number of nitrogens with zero attached hydrogens (tertiary/aromatic N) is 1. The van der Waals surface area contributed by atoms with E-state index < -0.39 is 0 Å². The lowest BCUT2D eigenvalue weighted by Crippen LogP contribution is -2.43. The third-order valence-corrected chi connectivity index (χ3v) is 3.78. The summed E-state index contributed by atoms with van der Waals surface area (Å²) < 4.78 is 0. The summed E-state index contributed by atoms with van der Waals surface area (Å²) in [5.41, 5.74) is 7.22. The Morgan fingerprint density at radius 3 is 2.64 bits per heavy atom. The van der Waals surface area contributed by atoms with Gasteiger partial charge in [-0.25, -0.2) is 0 Å². The van der Waals surface area contributed by atoms with E-state index in [1.807, 2.05) is 6.07 Å². The smallest absolute Gasteiger partial charge is 0.0627 e. The van der Waals surface area contributed by atoms with Gasteiger partial charge in [0.15, 0.2) is 0 Å². The van der Waals surface area contributed by atoms with Crippen LogP contribution in [0, 0.1) is 0 Å². The summed E-state index contributed by atoms with van der Waals surface area (Å²) >= 11 is 6.12. The van der Waals surface area contributed by atoms with E-state index in [0.29, 0.717) is 5.02 Å². The Morgan fingerprint density at radius 2 is 2.14 bits per heavy atom. The van der Waals surface area contributed by atoms with Crippen LogP contribution in [0.25, 0.3) is 0 Å². The van der Waals surface area contributed by atoms with Crippen molar-refractivity contribution < 1.29 is 0 Å². The molecular weight excluding hydrogens is 196 g/mol. The molecule has 0 spiro atoms. The van der Waals surface area contributed by atoms with E-state index in [0.717, 1.165) is 18.4 Å². The zero-order valence-electron chi connectivity index (χ0n) is 8.55. The van der Waals surface area contributed by atoms with Crippen LogP contribution < -0.4 is 5.73 Å². The van der Waals surface area contributed by atoms with Gasteiger partial charge in [-0.05, 0) is 24.5 Å².